The van der Waals surface area contributed by atoms with Crippen molar-refractivity contribution in [2.24, 2.45) is 0 Å². The van der Waals surface area contributed by atoms with Crippen molar-refractivity contribution in [1.82, 2.24) is 9.97 Å². The van der Waals surface area contributed by atoms with Gasteiger partial charge in [-0.05, 0) is 6.42 Å². The summed E-state index contributed by atoms with van der Waals surface area (Å²) in [6, 6.07) is 1.53. The summed E-state index contributed by atoms with van der Waals surface area (Å²) in [5.74, 6) is 0.177. The van der Waals surface area contributed by atoms with Crippen LogP contribution in [0.2, 0.25) is 0 Å². The molecule has 0 saturated heterocycles. The van der Waals surface area contributed by atoms with E-state index in [9.17, 15) is 9.59 Å². The number of hydrogen-bond acceptors (Lipinski definition) is 5. The van der Waals surface area contributed by atoms with E-state index >= 15 is 0 Å². The second kappa shape index (κ2) is 8.08. The van der Waals surface area contributed by atoms with E-state index in [0.717, 1.165) is 19.3 Å². The number of carbonyl (C=O) groups is 2. The maximum atomic E-state index is 11.1. The molecule has 20 heavy (non-hydrogen) atoms. The molecule has 0 atom stereocenters. The molecule has 7 nitrogen and oxygen atoms in total. The van der Waals surface area contributed by atoms with Gasteiger partial charge in [0, 0.05) is 19.9 Å². The largest absolute Gasteiger partial charge is 0.477 e. The molecule has 0 unspecified atom stereocenters. The molecule has 1 heterocycles. The molecule has 0 saturated carbocycles. The van der Waals surface area contributed by atoms with Crippen molar-refractivity contribution >= 4 is 23.6 Å². The number of hydrogen-bond donors (Lipinski definition) is 2. The summed E-state index contributed by atoms with van der Waals surface area (Å²) in [5.41, 5.74) is 0. The molecular formula is C13H20N4O3. The number of aromatic nitrogens is 2. The first-order valence-electron chi connectivity index (χ1n) is 6.58. The van der Waals surface area contributed by atoms with Crippen molar-refractivity contribution in [2.75, 3.05) is 17.2 Å². The number of nitrogens with zero attached hydrogens (tertiary/aromatic N) is 2. The van der Waals surface area contributed by atoms with Gasteiger partial charge in [0.05, 0.1) is 6.61 Å². The minimum absolute atomic E-state index is 0.106. The monoisotopic (exact) mass is 280 g/mol. The van der Waals surface area contributed by atoms with Gasteiger partial charge in [0.1, 0.15) is 5.82 Å². The zero-order chi connectivity index (χ0) is 15.0. The fraction of sp³-hybridized carbons (Fsp3) is 0.538. The summed E-state index contributed by atoms with van der Waals surface area (Å²) in [4.78, 5) is 30.2. The zero-order valence-electron chi connectivity index (χ0n) is 12.0. The van der Waals surface area contributed by atoms with E-state index in [4.69, 9.17) is 4.74 Å². The van der Waals surface area contributed by atoms with Gasteiger partial charge in [-0.3, -0.25) is 14.9 Å². The van der Waals surface area contributed by atoms with Crippen LogP contribution in [0, 0.1) is 0 Å². The Hall–Kier alpha value is -2.18. The van der Waals surface area contributed by atoms with Gasteiger partial charge in [0.2, 0.25) is 23.6 Å². The Morgan fingerprint density at radius 1 is 1.15 bits per heavy atom. The lowest BCUT2D eigenvalue weighted by molar-refractivity contribution is -0.115. The molecule has 1 aromatic rings. The lowest BCUT2D eigenvalue weighted by Gasteiger charge is -2.09. The summed E-state index contributed by atoms with van der Waals surface area (Å²) in [6.07, 6.45) is 3.09. The summed E-state index contributed by atoms with van der Waals surface area (Å²) in [5, 5.41) is 5.01. The Morgan fingerprint density at radius 2 is 1.85 bits per heavy atom. The number of nitrogens with one attached hydrogen (secondary N) is 2. The van der Waals surface area contributed by atoms with E-state index in [1.165, 1.54) is 19.9 Å². The molecular weight excluding hydrogens is 260 g/mol. The average molecular weight is 280 g/mol. The van der Waals surface area contributed by atoms with Gasteiger partial charge in [-0.2, -0.15) is 9.97 Å². The second-order valence-electron chi connectivity index (χ2n) is 4.33. The van der Waals surface area contributed by atoms with E-state index in [-0.39, 0.29) is 17.8 Å². The SMILES string of the molecule is CCCCCOc1cc(NC(C)=O)nc(NC(C)=O)n1. The van der Waals surface area contributed by atoms with Crippen LogP contribution >= 0.6 is 0 Å². The van der Waals surface area contributed by atoms with Crippen molar-refractivity contribution in [3.63, 3.8) is 0 Å². The third kappa shape index (κ3) is 6.12. The molecule has 7 heteroatoms. The number of unbranched alkanes of at least 4 members (excludes halogenated alkanes) is 2. The average Bonchev–Trinajstić information content (AvgIpc) is 2.32. The molecule has 0 fully saturated rings. The maximum absolute atomic E-state index is 11.1. The fourth-order valence-corrected chi connectivity index (χ4v) is 1.49. The van der Waals surface area contributed by atoms with Crippen molar-refractivity contribution < 1.29 is 14.3 Å². The van der Waals surface area contributed by atoms with Crippen LogP contribution < -0.4 is 15.4 Å². The van der Waals surface area contributed by atoms with Gasteiger partial charge < -0.3 is 10.1 Å². The molecule has 2 amide bonds. The van der Waals surface area contributed by atoms with E-state index in [1.54, 1.807) is 0 Å². The molecule has 0 spiro atoms. The third-order valence-electron chi connectivity index (χ3n) is 2.29. The van der Waals surface area contributed by atoms with Crippen LogP contribution in [0.5, 0.6) is 5.88 Å². The van der Waals surface area contributed by atoms with E-state index in [1.807, 2.05) is 0 Å². The summed E-state index contributed by atoms with van der Waals surface area (Å²) < 4.78 is 5.50. The molecule has 1 aromatic heterocycles. The van der Waals surface area contributed by atoms with Crippen molar-refractivity contribution in [3.05, 3.63) is 6.07 Å². The normalized spacial score (nSPS) is 9.95. The van der Waals surface area contributed by atoms with Crippen molar-refractivity contribution in [1.29, 1.82) is 0 Å². The molecule has 0 aromatic carbocycles. The first-order chi connectivity index (χ1) is 9.51. The smallest absolute Gasteiger partial charge is 0.234 e. The topological polar surface area (TPSA) is 93.2 Å². The summed E-state index contributed by atoms with van der Waals surface area (Å²) >= 11 is 0. The Bertz CT molecular complexity index is 442. The Kier molecular flexibility index (Phi) is 6.42. The molecule has 0 aliphatic carbocycles. The first kappa shape index (κ1) is 15.9. The predicted molar refractivity (Wildman–Crippen MR) is 75.7 cm³/mol. The maximum Gasteiger partial charge on any atom is 0.234 e. The van der Waals surface area contributed by atoms with Crippen LogP contribution in [0.3, 0.4) is 0 Å². The highest BCUT2D eigenvalue weighted by molar-refractivity contribution is 5.89. The zero-order valence-corrected chi connectivity index (χ0v) is 12.0. The Labute approximate surface area is 118 Å². The first-order valence-corrected chi connectivity index (χ1v) is 6.58. The molecule has 2 N–H and O–H groups in total. The lowest BCUT2D eigenvalue weighted by Crippen LogP contribution is -2.14. The second-order valence-corrected chi connectivity index (χ2v) is 4.33. The van der Waals surface area contributed by atoms with Gasteiger partial charge in [0.15, 0.2) is 0 Å². The minimum Gasteiger partial charge on any atom is -0.477 e. The van der Waals surface area contributed by atoms with Gasteiger partial charge in [-0.1, -0.05) is 19.8 Å². The fourth-order valence-electron chi connectivity index (χ4n) is 1.49. The van der Waals surface area contributed by atoms with Gasteiger partial charge in [-0.15, -0.1) is 0 Å². The molecule has 110 valence electrons. The highest BCUT2D eigenvalue weighted by atomic mass is 16.5. The molecule has 0 aliphatic heterocycles. The number of amides is 2. The van der Waals surface area contributed by atoms with E-state index in [2.05, 4.69) is 27.5 Å². The molecule has 0 radical (unpaired) electrons. The van der Waals surface area contributed by atoms with Crippen LogP contribution in [-0.2, 0) is 9.59 Å². The van der Waals surface area contributed by atoms with Crippen LogP contribution in [0.25, 0.3) is 0 Å². The number of ether oxygens (including phenoxy) is 1. The lowest BCUT2D eigenvalue weighted by atomic mass is 10.3. The predicted octanol–water partition coefficient (Wildman–Crippen LogP) is 1.96. The van der Waals surface area contributed by atoms with Crippen molar-refractivity contribution in [2.45, 2.75) is 40.0 Å². The third-order valence-corrected chi connectivity index (χ3v) is 2.29. The van der Waals surface area contributed by atoms with Crippen molar-refractivity contribution in [3.8, 4) is 5.88 Å². The van der Waals surface area contributed by atoms with Gasteiger partial charge in [0.25, 0.3) is 0 Å². The van der Waals surface area contributed by atoms with Crippen LogP contribution in [-0.4, -0.2) is 28.4 Å². The molecule has 1 rings (SSSR count). The van der Waals surface area contributed by atoms with Crippen LogP contribution in [0.4, 0.5) is 11.8 Å². The minimum atomic E-state index is -0.290. The number of carbonyl (C=O) groups excluding carboxylic acids is 2. The highest BCUT2D eigenvalue weighted by Gasteiger charge is 2.08. The van der Waals surface area contributed by atoms with Crippen LogP contribution in [0.15, 0.2) is 6.07 Å². The number of anilines is 2. The quantitative estimate of drug-likeness (QED) is 0.745. The molecule has 0 bridgehead atoms. The van der Waals surface area contributed by atoms with E-state index < -0.39 is 0 Å². The van der Waals surface area contributed by atoms with Crippen LogP contribution in [0.1, 0.15) is 40.0 Å². The molecule has 0 aliphatic rings. The summed E-state index contributed by atoms with van der Waals surface area (Å²) in [6.45, 7) is 5.37. The van der Waals surface area contributed by atoms with Gasteiger partial charge >= 0.3 is 0 Å². The summed E-state index contributed by atoms with van der Waals surface area (Å²) in [7, 11) is 0. The standard InChI is InChI=1S/C13H20N4O3/c1-4-5-6-7-20-12-8-11(14-9(2)18)16-13(17-12)15-10(3)19/h8H,4-7H2,1-3H3,(H2,14,15,16,17,18,19). The highest BCUT2D eigenvalue weighted by Crippen LogP contribution is 2.16. The number of rotatable bonds is 7. The van der Waals surface area contributed by atoms with E-state index in [0.29, 0.717) is 18.3 Å². The Morgan fingerprint density at radius 3 is 2.45 bits per heavy atom. The Balaban J connectivity index is 2.79. The van der Waals surface area contributed by atoms with Gasteiger partial charge in [-0.25, -0.2) is 0 Å².